The Kier molecular flexibility index (Phi) is 4.55. The maximum absolute atomic E-state index is 8.72. The lowest BCUT2D eigenvalue weighted by Crippen LogP contribution is -1.99. The van der Waals surface area contributed by atoms with Crippen LogP contribution in [0.25, 0.3) is 10.2 Å². The summed E-state index contributed by atoms with van der Waals surface area (Å²) >= 11 is 1.74. The highest BCUT2D eigenvalue weighted by Gasteiger charge is 2.10. The van der Waals surface area contributed by atoms with Gasteiger partial charge in [-0.2, -0.15) is 0 Å². The standard InChI is InChI=1S/C14H19NO2S/c1-3-10(2)14-15-12-6-5-11(9-13(12)18-14)17-8-4-7-16/h5-6,9-10,16H,3-4,7-8H2,1-2H3. The summed E-state index contributed by atoms with van der Waals surface area (Å²) in [6.45, 7) is 5.11. The highest BCUT2D eigenvalue weighted by molar-refractivity contribution is 7.18. The van der Waals surface area contributed by atoms with E-state index in [0.29, 0.717) is 18.9 Å². The summed E-state index contributed by atoms with van der Waals surface area (Å²) in [5.74, 6) is 1.37. The molecule has 0 aliphatic rings. The van der Waals surface area contributed by atoms with Gasteiger partial charge in [0, 0.05) is 18.9 Å². The Hall–Kier alpha value is -1.13. The van der Waals surface area contributed by atoms with Gasteiger partial charge in [-0.25, -0.2) is 4.98 Å². The lowest BCUT2D eigenvalue weighted by molar-refractivity contribution is 0.234. The van der Waals surface area contributed by atoms with Gasteiger partial charge in [-0.1, -0.05) is 13.8 Å². The molecule has 1 aromatic heterocycles. The van der Waals surface area contributed by atoms with Gasteiger partial charge >= 0.3 is 0 Å². The normalized spacial score (nSPS) is 12.8. The van der Waals surface area contributed by atoms with Gasteiger partial charge < -0.3 is 9.84 Å². The summed E-state index contributed by atoms with van der Waals surface area (Å²) in [5.41, 5.74) is 1.05. The smallest absolute Gasteiger partial charge is 0.120 e. The van der Waals surface area contributed by atoms with Crippen molar-refractivity contribution in [1.29, 1.82) is 0 Å². The molecule has 98 valence electrons. The SMILES string of the molecule is CCC(C)c1nc2ccc(OCCCO)cc2s1. The number of ether oxygens (including phenoxy) is 1. The highest BCUT2D eigenvalue weighted by atomic mass is 32.1. The summed E-state index contributed by atoms with van der Waals surface area (Å²) in [5, 5.41) is 9.91. The van der Waals surface area contributed by atoms with Crippen molar-refractivity contribution in [2.75, 3.05) is 13.2 Å². The van der Waals surface area contributed by atoms with Crippen molar-refractivity contribution in [3.63, 3.8) is 0 Å². The summed E-state index contributed by atoms with van der Waals surface area (Å²) in [4.78, 5) is 4.64. The summed E-state index contributed by atoms with van der Waals surface area (Å²) in [7, 11) is 0. The molecular formula is C14H19NO2S. The van der Waals surface area contributed by atoms with Crippen LogP contribution in [0.1, 0.15) is 37.6 Å². The molecule has 0 spiro atoms. The third-order valence-electron chi connectivity index (χ3n) is 2.98. The molecular weight excluding hydrogens is 246 g/mol. The van der Waals surface area contributed by atoms with Crippen LogP contribution in [0.4, 0.5) is 0 Å². The predicted octanol–water partition coefficient (Wildman–Crippen LogP) is 3.57. The number of aliphatic hydroxyl groups is 1. The predicted molar refractivity (Wildman–Crippen MR) is 75.5 cm³/mol. The zero-order valence-corrected chi connectivity index (χ0v) is 11.7. The van der Waals surface area contributed by atoms with Crippen molar-refractivity contribution in [2.45, 2.75) is 32.6 Å². The van der Waals surface area contributed by atoms with E-state index in [2.05, 4.69) is 18.8 Å². The van der Waals surface area contributed by atoms with Crippen LogP contribution in [0.15, 0.2) is 18.2 Å². The largest absolute Gasteiger partial charge is 0.493 e. The molecule has 0 fully saturated rings. The van der Waals surface area contributed by atoms with Gasteiger partial charge in [0.25, 0.3) is 0 Å². The zero-order chi connectivity index (χ0) is 13.0. The molecule has 1 aromatic carbocycles. The van der Waals surface area contributed by atoms with E-state index in [4.69, 9.17) is 9.84 Å². The minimum absolute atomic E-state index is 0.168. The topological polar surface area (TPSA) is 42.4 Å². The summed E-state index contributed by atoms with van der Waals surface area (Å²) < 4.78 is 6.74. The monoisotopic (exact) mass is 265 g/mol. The van der Waals surface area contributed by atoms with Crippen LogP contribution in [-0.4, -0.2) is 23.3 Å². The van der Waals surface area contributed by atoms with E-state index < -0.39 is 0 Å². The van der Waals surface area contributed by atoms with Gasteiger partial charge in [0.1, 0.15) is 5.75 Å². The number of nitrogens with zero attached hydrogens (tertiary/aromatic N) is 1. The Bertz CT molecular complexity index is 509. The Balaban J connectivity index is 2.17. The van der Waals surface area contributed by atoms with Crippen LogP contribution >= 0.6 is 11.3 Å². The van der Waals surface area contributed by atoms with Crippen LogP contribution in [0, 0.1) is 0 Å². The highest BCUT2D eigenvalue weighted by Crippen LogP contribution is 2.31. The first-order chi connectivity index (χ1) is 8.74. The fourth-order valence-electron chi connectivity index (χ4n) is 1.65. The van der Waals surface area contributed by atoms with E-state index in [0.717, 1.165) is 17.7 Å². The summed E-state index contributed by atoms with van der Waals surface area (Å²) in [6.07, 6.45) is 1.78. The molecule has 0 radical (unpaired) electrons. The molecule has 2 aromatic rings. The van der Waals surface area contributed by atoms with E-state index in [1.807, 2.05) is 18.2 Å². The number of benzene rings is 1. The average Bonchev–Trinajstić information content (AvgIpc) is 2.81. The van der Waals surface area contributed by atoms with Crippen molar-refractivity contribution < 1.29 is 9.84 Å². The molecule has 3 nitrogen and oxygen atoms in total. The minimum atomic E-state index is 0.168. The number of thiazole rings is 1. The number of aromatic nitrogens is 1. The molecule has 0 aliphatic carbocycles. The molecule has 1 N–H and O–H groups in total. The van der Waals surface area contributed by atoms with E-state index in [9.17, 15) is 0 Å². The van der Waals surface area contributed by atoms with Crippen LogP contribution in [0.5, 0.6) is 5.75 Å². The van der Waals surface area contributed by atoms with Crippen LogP contribution < -0.4 is 4.74 Å². The first-order valence-electron chi connectivity index (χ1n) is 6.38. The number of rotatable bonds is 6. The molecule has 4 heteroatoms. The van der Waals surface area contributed by atoms with Gasteiger partial charge in [0.15, 0.2) is 0 Å². The number of fused-ring (bicyclic) bond motifs is 1. The summed E-state index contributed by atoms with van der Waals surface area (Å²) in [6, 6.07) is 5.99. The Morgan fingerprint density at radius 2 is 2.28 bits per heavy atom. The van der Waals surface area contributed by atoms with Crippen LogP contribution in [0.2, 0.25) is 0 Å². The second-order valence-electron chi connectivity index (χ2n) is 4.42. The molecule has 0 bridgehead atoms. The van der Waals surface area contributed by atoms with Gasteiger partial charge in [0.2, 0.25) is 0 Å². The second kappa shape index (κ2) is 6.16. The van der Waals surface area contributed by atoms with Gasteiger partial charge in [0.05, 0.1) is 21.8 Å². The fourth-order valence-corrected chi connectivity index (χ4v) is 2.78. The van der Waals surface area contributed by atoms with Crippen molar-refractivity contribution in [2.24, 2.45) is 0 Å². The Morgan fingerprint density at radius 3 is 3.00 bits per heavy atom. The van der Waals surface area contributed by atoms with Crippen molar-refractivity contribution in [3.8, 4) is 5.75 Å². The van der Waals surface area contributed by atoms with Crippen molar-refractivity contribution in [1.82, 2.24) is 4.98 Å². The van der Waals surface area contributed by atoms with E-state index in [1.165, 1.54) is 9.71 Å². The average molecular weight is 265 g/mol. The van der Waals surface area contributed by atoms with Crippen LogP contribution in [-0.2, 0) is 0 Å². The molecule has 2 rings (SSSR count). The van der Waals surface area contributed by atoms with Gasteiger partial charge in [-0.15, -0.1) is 11.3 Å². The lowest BCUT2D eigenvalue weighted by atomic mass is 10.1. The maximum atomic E-state index is 8.72. The fraction of sp³-hybridized carbons (Fsp3) is 0.500. The second-order valence-corrected chi connectivity index (χ2v) is 5.48. The molecule has 1 heterocycles. The third kappa shape index (κ3) is 3.00. The molecule has 1 atom stereocenters. The maximum Gasteiger partial charge on any atom is 0.120 e. The zero-order valence-electron chi connectivity index (χ0n) is 10.8. The molecule has 18 heavy (non-hydrogen) atoms. The third-order valence-corrected chi connectivity index (χ3v) is 4.23. The molecule has 1 unspecified atom stereocenters. The van der Waals surface area contributed by atoms with E-state index in [-0.39, 0.29) is 6.61 Å². The first kappa shape index (κ1) is 13.3. The molecule has 0 amide bonds. The van der Waals surface area contributed by atoms with Crippen molar-refractivity contribution in [3.05, 3.63) is 23.2 Å². The van der Waals surface area contributed by atoms with E-state index in [1.54, 1.807) is 11.3 Å². The van der Waals surface area contributed by atoms with Crippen LogP contribution in [0.3, 0.4) is 0 Å². The van der Waals surface area contributed by atoms with Gasteiger partial charge in [-0.05, 0) is 24.6 Å². The Labute approximate surface area is 111 Å². The number of hydrogen-bond donors (Lipinski definition) is 1. The molecule has 0 saturated heterocycles. The lowest BCUT2D eigenvalue weighted by Gasteiger charge is -2.03. The van der Waals surface area contributed by atoms with Crippen molar-refractivity contribution >= 4 is 21.6 Å². The number of hydrogen-bond acceptors (Lipinski definition) is 4. The Morgan fingerprint density at radius 1 is 1.44 bits per heavy atom. The van der Waals surface area contributed by atoms with Gasteiger partial charge in [-0.3, -0.25) is 0 Å². The number of aliphatic hydroxyl groups excluding tert-OH is 1. The first-order valence-corrected chi connectivity index (χ1v) is 7.20. The molecule has 0 saturated carbocycles. The van der Waals surface area contributed by atoms with E-state index >= 15 is 0 Å². The molecule has 0 aliphatic heterocycles. The quantitative estimate of drug-likeness (QED) is 0.812. The minimum Gasteiger partial charge on any atom is -0.493 e.